The molecule has 1 unspecified atom stereocenters. The summed E-state index contributed by atoms with van der Waals surface area (Å²) in [4.78, 5) is 23.7. The van der Waals surface area contributed by atoms with Crippen molar-refractivity contribution in [2.45, 2.75) is 38.1 Å². The third kappa shape index (κ3) is 7.70. The van der Waals surface area contributed by atoms with E-state index in [-0.39, 0.29) is 5.91 Å². The highest BCUT2D eigenvalue weighted by Gasteiger charge is 2.18. The van der Waals surface area contributed by atoms with E-state index in [4.69, 9.17) is 15.2 Å². The minimum absolute atomic E-state index is 0.157. The number of nitrogens with one attached hydrogen (secondary N) is 1. The number of rotatable bonds is 12. The van der Waals surface area contributed by atoms with E-state index in [0.717, 1.165) is 36.3 Å². The molecule has 0 saturated carbocycles. The van der Waals surface area contributed by atoms with Gasteiger partial charge in [0.25, 0.3) is 0 Å². The van der Waals surface area contributed by atoms with Gasteiger partial charge in [0.15, 0.2) is 0 Å². The van der Waals surface area contributed by atoms with Gasteiger partial charge in [-0.15, -0.1) is 0 Å². The third-order valence-corrected chi connectivity index (χ3v) is 4.34. The molecule has 0 aliphatic heterocycles. The van der Waals surface area contributed by atoms with Crippen molar-refractivity contribution in [2.75, 3.05) is 13.7 Å². The first kappa shape index (κ1) is 21.3. The van der Waals surface area contributed by atoms with Crippen LogP contribution in [0.1, 0.15) is 31.2 Å². The van der Waals surface area contributed by atoms with Gasteiger partial charge in [-0.3, -0.25) is 9.59 Å². The molecule has 0 fully saturated rings. The van der Waals surface area contributed by atoms with Crippen LogP contribution in [0.4, 0.5) is 0 Å². The van der Waals surface area contributed by atoms with Crippen molar-refractivity contribution in [1.29, 1.82) is 0 Å². The normalized spacial score (nSPS) is 11.5. The van der Waals surface area contributed by atoms with E-state index in [1.807, 2.05) is 54.6 Å². The van der Waals surface area contributed by atoms with Crippen molar-refractivity contribution in [3.63, 3.8) is 0 Å². The van der Waals surface area contributed by atoms with Crippen molar-refractivity contribution in [2.24, 2.45) is 5.73 Å². The number of unbranched alkanes of at least 4 members (excludes halogenated alkanes) is 2. The number of carbonyl (C=O) groups is 2. The average molecular weight is 384 g/mol. The maximum atomic E-state index is 12.1. The summed E-state index contributed by atoms with van der Waals surface area (Å²) in [6, 6.07) is 16.2. The molecule has 2 rings (SSSR count). The first-order chi connectivity index (χ1) is 13.6. The number of hydrogen-bond acceptors (Lipinski definition) is 4. The monoisotopic (exact) mass is 384 g/mol. The molecule has 2 aromatic rings. The maximum absolute atomic E-state index is 12.1. The smallest absolute Gasteiger partial charge is 0.240 e. The lowest BCUT2D eigenvalue weighted by Crippen LogP contribution is -2.45. The number of benzene rings is 2. The van der Waals surface area contributed by atoms with E-state index in [1.54, 1.807) is 7.11 Å². The van der Waals surface area contributed by atoms with Crippen LogP contribution in [0.25, 0.3) is 0 Å². The highest BCUT2D eigenvalue weighted by atomic mass is 16.5. The molecule has 0 aliphatic rings. The highest BCUT2D eigenvalue weighted by molar-refractivity contribution is 5.86. The van der Waals surface area contributed by atoms with Gasteiger partial charge in [-0.2, -0.15) is 0 Å². The molecule has 150 valence electrons. The predicted octanol–water partition coefficient (Wildman–Crippen LogP) is 2.85. The van der Waals surface area contributed by atoms with Crippen LogP contribution in [0, 0.1) is 0 Å². The molecule has 0 heterocycles. The van der Waals surface area contributed by atoms with E-state index in [1.165, 1.54) is 0 Å². The molecular formula is C22H28N2O4. The molecule has 0 aromatic heterocycles. The molecular weight excluding hydrogens is 356 g/mol. The number of carbonyl (C=O) groups excluding carboxylic acids is 2. The minimum Gasteiger partial charge on any atom is -0.497 e. The summed E-state index contributed by atoms with van der Waals surface area (Å²) in [5.41, 5.74) is 6.38. The fourth-order valence-corrected chi connectivity index (χ4v) is 2.77. The van der Waals surface area contributed by atoms with Crippen molar-refractivity contribution in [3.05, 3.63) is 60.2 Å². The Bertz CT molecular complexity index is 732. The van der Waals surface area contributed by atoms with E-state index >= 15 is 0 Å². The fourth-order valence-electron chi connectivity index (χ4n) is 2.77. The first-order valence-electron chi connectivity index (χ1n) is 9.48. The van der Waals surface area contributed by atoms with Crippen LogP contribution in [0.2, 0.25) is 0 Å². The molecule has 0 bridgehead atoms. The van der Waals surface area contributed by atoms with Gasteiger partial charge in [0.2, 0.25) is 11.8 Å². The number of methoxy groups -OCH3 is 1. The van der Waals surface area contributed by atoms with Gasteiger partial charge >= 0.3 is 0 Å². The Morgan fingerprint density at radius 3 is 2.29 bits per heavy atom. The van der Waals surface area contributed by atoms with Crippen molar-refractivity contribution >= 4 is 11.8 Å². The largest absolute Gasteiger partial charge is 0.497 e. The van der Waals surface area contributed by atoms with Crippen LogP contribution in [0.15, 0.2) is 54.6 Å². The highest BCUT2D eigenvalue weighted by Crippen LogP contribution is 2.17. The van der Waals surface area contributed by atoms with Crippen molar-refractivity contribution in [3.8, 4) is 11.5 Å². The molecule has 0 radical (unpaired) electrons. The Hall–Kier alpha value is -3.02. The average Bonchev–Trinajstić information content (AvgIpc) is 2.71. The van der Waals surface area contributed by atoms with Gasteiger partial charge in [0.1, 0.15) is 17.5 Å². The topological polar surface area (TPSA) is 90.7 Å². The lowest BCUT2D eigenvalue weighted by Gasteiger charge is -2.15. The molecule has 0 spiro atoms. The summed E-state index contributed by atoms with van der Waals surface area (Å²) < 4.78 is 10.8. The number of ether oxygens (including phenoxy) is 2. The standard InChI is InChI=1S/C22H28N2O4/c1-27-18-11-13-19(14-12-18)28-15-7-3-6-10-21(25)24-20(22(23)26)16-17-8-4-2-5-9-17/h2,4-5,8-9,11-14,20H,3,6-7,10,15-16H2,1H3,(H2,23,26)(H,24,25). The van der Waals surface area contributed by atoms with Crippen molar-refractivity contribution < 1.29 is 19.1 Å². The second kappa shape index (κ2) is 11.6. The van der Waals surface area contributed by atoms with E-state index in [2.05, 4.69) is 5.32 Å². The maximum Gasteiger partial charge on any atom is 0.240 e. The zero-order valence-corrected chi connectivity index (χ0v) is 16.2. The van der Waals surface area contributed by atoms with E-state index in [9.17, 15) is 9.59 Å². The molecule has 3 N–H and O–H groups in total. The molecule has 0 saturated heterocycles. The Balaban J connectivity index is 1.62. The SMILES string of the molecule is COc1ccc(OCCCCCC(=O)NC(Cc2ccccc2)C(N)=O)cc1. The molecule has 1 atom stereocenters. The van der Waals surface area contributed by atoms with Crippen LogP contribution >= 0.6 is 0 Å². The molecule has 6 nitrogen and oxygen atoms in total. The summed E-state index contributed by atoms with van der Waals surface area (Å²) in [6.07, 6.45) is 3.21. The number of primary amides is 1. The van der Waals surface area contributed by atoms with Gasteiger partial charge in [0.05, 0.1) is 13.7 Å². The summed E-state index contributed by atoms with van der Waals surface area (Å²) in [7, 11) is 1.62. The molecule has 6 heteroatoms. The second-order valence-electron chi connectivity index (χ2n) is 6.55. The van der Waals surface area contributed by atoms with Crippen LogP contribution in [0.3, 0.4) is 0 Å². The van der Waals surface area contributed by atoms with Crippen LogP contribution < -0.4 is 20.5 Å². The Labute approximate surface area is 166 Å². The van der Waals surface area contributed by atoms with E-state index in [0.29, 0.717) is 19.4 Å². The number of hydrogen-bond donors (Lipinski definition) is 2. The lowest BCUT2D eigenvalue weighted by atomic mass is 10.1. The molecule has 2 aromatic carbocycles. The van der Waals surface area contributed by atoms with Gasteiger partial charge in [-0.25, -0.2) is 0 Å². The van der Waals surface area contributed by atoms with E-state index < -0.39 is 11.9 Å². The second-order valence-corrected chi connectivity index (χ2v) is 6.55. The first-order valence-corrected chi connectivity index (χ1v) is 9.48. The Morgan fingerprint density at radius 1 is 0.964 bits per heavy atom. The molecule has 0 aliphatic carbocycles. The van der Waals surface area contributed by atoms with Crippen LogP contribution in [-0.2, 0) is 16.0 Å². The van der Waals surface area contributed by atoms with Gasteiger partial charge < -0.3 is 20.5 Å². The molecule has 28 heavy (non-hydrogen) atoms. The summed E-state index contributed by atoms with van der Waals surface area (Å²) in [5.74, 6) is 0.907. The number of nitrogens with two attached hydrogens (primary N) is 1. The van der Waals surface area contributed by atoms with Crippen LogP contribution in [0.5, 0.6) is 11.5 Å². The Morgan fingerprint density at radius 2 is 1.64 bits per heavy atom. The van der Waals surface area contributed by atoms with Gasteiger partial charge in [0, 0.05) is 12.8 Å². The summed E-state index contributed by atoms with van der Waals surface area (Å²) in [5, 5.41) is 2.74. The molecule has 2 amide bonds. The summed E-state index contributed by atoms with van der Waals surface area (Å²) >= 11 is 0. The van der Waals surface area contributed by atoms with Gasteiger partial charge in [-0.05, 0) is 49.1 Å². The third-order valence-electron chi connectivity index (χ3n) is 4.34. The fraction of sp³-hybridized carbons (Fsp3) is 0.364. The summed E-state index contributed by atoms with van der Waals surface area (Å²) in [6.45, 7) is 0.589. The predicted molar refractivity (Wildman–Crippen MR) is 108 cm³/mol. The Kier molecular flexibility index (Phi) is 8.85. The quantitative estimate of drug-likeness (QED) is 0.551. The number of amides is 2. The lowest BCUT2D eigenvalue weighted by molar-refractivity contribution is -0.127. The van der Waals surface area contributed by atoms with Crippen molar-refractivity contribution in [1.82, 2.24) is 5.32 Å². The van der Waals surface area contributed by atoms with Crippen LogP contribution in [-0.4, -0.2) is 31.6 Å². The minimum atomic E-state index is -0.687. The zero-order chi connectivity index (χ0) is 20.2. The van der Waals surface area contributed by atoms with Gasteiger partial charge in [-0.1, -0.05) is 30.3 Å². The zero-order valence-electron chi connectivity index (χ0n) is 16.2.